The molecule has 0 aliphatic heterocycles. The molecular weight excluding hydrogens is 220 g/mol. The maximum absolute atomic E-state index is 8.70. The molecule has 0 aliphatic carbocycles. The number of nitriles is 1. The summed E-state index contributed by atoms with van der Waals surface area (Å²) in [6.45, 7) is 7.44. The number of hydrogen-bond acceptors (Lipinski definition) is 2. The topological polar surface area (TPSA) is 35.8 Å². The van der Waals surface area contributed by atoms with Gasteiger partial charge < -0.3 is 5.32 Å². The SMILES string of the molecule is CCC(CC#N)NCc1ccc(CC(C)C)cc1. The quantitative estimate of drug-likeness (QED) is 0.794. The first-order valence-electron chi connectivity index (χ1n) is 6.83. The minimum absolute atomic E-state index is 0.311. The molecule has 0 radical (unpaired) electrons. The summed E-state index contributed by atoms with van der Waals surface area (Å²) in [7, 11) is 0. The second-order valence-electron chi connectivity index (χ2n) is 5.26. The average Bonchev–Trinajstić information content (AvgIpc) is 2.35. The van der Waals surface area contributed by atoms with Crippen LogP contribution >= 0.6 is 0 Å². The number of nitrogens with one attached hydrogen (secondary N) is 1. The van der Waals surface area contributed by atoms with Crippen molar-refractivity contribution in [3.63, 3.8) is 0 Å². The Labute approximate surface area is 111 Å². The summed E-state index contributed by atoms with van der Waals surface area (Å²) >= 11 is 0. The molecule has 1 N–H and O–H groups in total. The van der Waals surface area contributed by atoms with Crippen LogP contribution in [0.5, 0.6) is 0 Å². The van der Waals surface area contributed by atoms with Gasteiger partial charge in [0, 0.05) is 12.6 Å². The predicted octanol–water partition coefficient (Wildman–Crippen LogP) is 3.67. The van der Waals surface area contributed by atoms with Crippen molar-refractivity contribution in [1.82, 2.24) is 5.32 Å². The summed E-state index contributed by atoms with van der Waals surface area (Å²) in [6.07, 6.45) is 2.72. The summed E-state index contributed by atoms with van der Waals surface area (Å²) in [5.41, 5.74) is 2.69. The van der Waals surface area contributed by atoms with Crippen molar-refractivity contribution in [2.24, 2.45) is 5.92 Å². The van der Waals surface area contributed by atoms with E-state index in [2.05, 4.69) is 56.4 Å². The smallest absolute Gasteiger partial charge is 0.0638 e. The highest BCUT2D eigenvalue weighted by Gasteiger charge is 2.04. The summed E-state index contributed by atoms with van der Waals surface area (Å²) in [6, 6.07) is 11.3. The lowest BCUT2D eigenvalue weighted by Gasteiger charge is -2.13. The lowest BCUT2D eigenvalue weighted by atomic mass is 10.0. The lowest BCUT2D eigenvalue weighted by molar-refractivity contribution is 0.505. The van der Waals surface area contributed by atoms with Crippen LogP contribution in [0.25, 0.3) is 0 Å². The van der Waals surface area contributed by atoms with Gasteiger partial charge in [-0.2, -0.15) is 5.26 Å². The third-order valence-corrected chi connectivity index (χ3v) is 3.09. The first-order valence-corrected chi connectivity index (χ1v) is 6.83. The highest BCUT2D eigenvalue weighted by Crippen LogP contribution is 2.10. The molecule has 2 heteroatoms. The third-order valence-electron chi connectivity index (χ3n) is 3.09. The summed E-state index contributed by atoms with van der Waals surface area (Å²) < 4.78 is 0. The monoisotopic (exact) mass is 244 g/mol. The fourth-order valence-electron chi connectivity index (χ4n) is 2.00. The Kier molecular flexibility index (Phi) is 6.46. The molecule has 0 saturated heterocycles. The van der Waals surface area contributed by atoms with E-state index in [1.807, 2.05) is 0 Å². The Balaban J connectivity index is 2.46. The van der Waals surface area contributed by atoms with Gasteiger partial charge in [-0.05, 0) is 29.9 Å². The van der Waals surface area contributed by atoms with Gasteiger partial charge in [0.15, 0.2) is 0 Å². The molecule has 1 unspecified atom stereocenters. The van der Waals surface area contributed by atoms with Crippen LogP contribution in [0.2, 0.25) is 0 Å². The van der Waals surface area contributed by atoms with Gasteiger partial charge >= 0.3 is 0 Å². The summed E-state index contributed by atoms with van der Waals surface area (Å²) in [4.78, 5) is 0. The van der Waals surface area contributed by atoms with E-state index >= 15 is 0 Å². The maximum Gasteiger partial charge on any atom is 0.0638 e. The standard InChI is InChI=1S/C16H24N2/c1-4-16(9-10-17)18-12-15-7-5-14(6-8-15)11-13(2)3/h5-8,13,16,18H,4,9,11-12H2,1-3H3. The van der Waals surface area contributed by atoms with Crippen molar-refractivity contribution in [3.05, 3.63) is 35.4 Å². The molecule has 0 aromatic heterocycles. The molecule has 0 bridgehead atoms. The molecule has 0 amide bonds. The van der Waals surface area contributed by atoms with Crippen molar-refractivity contribution < 1.29 is 0 Å². The van der Waals surface area contributed by atoms with Crippen molar-refractivity contribution in [2.75, 3.05) is 0 Å². The number of nitrogens with zero attached hydrogens (tertiary/aromatic N) is 1. The second-order valence-corrected chi connectivity index (χ2v) is 5.26. The molecule has 2 nitrogen and oxygen atoms in total. The Morgan fingerprint density at radius 2 is 1.78 bits per heavy atom. The van der Waals surface area contributed by atoms with Gasteiger partial charge in [-0.1, -0.05) is 45.0 Å². The largest absolute Gasteiger partial charge is 0.309 e. The van der Waals surface area contributed by atoms with Crippen LogP contribution in [-0.4, -0.2) is 6.04 Å². The van der Waals surface area contributed by atoms with Crippen LogP contribution in [0.3, 0.4) is 0 Å². The third kappa shape index (κ3) is 5.33. The predicted molar refractivity (Wildman–Crippen MR) is 76.1 cm³/mol. The zero-order valence-corrected chi connectivity index (χ0v) is 11.7. The molecular formula is C16H24N2. The van der Waals surface area contributed by atoms with Gasteiger partial charge in [0.1, 0.15) is 0 Å². The van der Waals surface area contributed by atoms with Gasteiger partial charge in [-0.25, -0.2) is 0 Å². The number of rotatable bonds is 7. The normalized spacial score (nSPS) is 12.4. The molecule has 0 spiro atoms. The molecule has 1 atom stereocenters. The Morgan fingerprint density at radius 1 is 1.17 bits per heavy atom. The average molecular weight is 244 g/mol. The van der Waals surface area contributed by atoms with E-state index < -0.39 is 0 Å². The minimum Gasteiger partial charge on any atom is -0.309 e. The molecule has 0 heterocycles. The molecule has 98 valence electrons. The first kappa shape index (κ1) is 14.7. The number of hydrogen-bond donors (Lipinski definition) is 1. The van der Waals surface area contributed by atoms with Crippen molar-refractivity contribution >= 4 is 0 Å². The van der Waals surface area contributed by atoms with Gasteiger partial charge in [-0.3, -0.25) is 0 Å². The fourth-order valence-corrected chi connectivity index (χ4v) is 2.00. The fraction of sp³-hybridized carbons (Fsp3) is 0.562. The molecule has 1 rings (SSSR count). The molecule has 18 heavy (non-hydrogen) atoms. The van der Waals surface area contributed by atoms with E-state index in [0.717, 1.165) is 19.4 Å². The minimum atomic E-state index is 0.311. The van der Waals surface area contributed by atoms with Crippen LogP contribution in [0.4, 0.5) is 0 Å². The van der Waals surface area contributed by atoms with E-state index in [1.54, 1.807) is 0 Å². The highest BCUT2D eigenvalue weighted by atomic mass is 14.9. The molecule has 0 aliphatic rings. The van der Waals surface area contributed by atoms with Crippen LogP contribution in [0.1, 0.15) is 44.7 Å². The molecule has 1 aromatic rings. The first-order chi connectivity index (χ1) is 8.65. The van der Waals surface area contributed by atoms with Crippen LogP contribution in [0.15, 0.2) is 24.3 Å². The zero-order chi connectivity index (χ0) is 13.4. The molecule has 1 aromatic carbocycles. The van der Waals surface area contributed by atoms with E-state index in [-0.39, 0.29) is 0 Å². The van der Waals surface area contributed by atoms with E-state index in [0.29, 0.717) is 18.4 Å². The van der Waals surface area contributed by atoms with Crippen LogP contribution in [-0.2, 0) is 13.0 Å². The Morgan fingerprint density at radius 3 is 2.28 bits per heavy atom. The van der Waals surface area contributed by atoms with Gasteiger partial charge in [0.25, 0.3) is 0 Å². The van der Waals surface area contributed by atoms with Gasteiger partial charge in [-0.15, -0.1) is 0 Å². The number of benzene rings is 1. The Hall–Kier alpha value is -1.33. The summed E-state index contributed by atoms with van der Waals surface area (Å²) in [5.74, 6) is 0.703. The van der Waals surface area contributed by atoms with E-state index in [9.17, 15) is 0 Å². The molecule has 0 fully saturated rings. The molecule has 0 saturated carbocycles. The zero-order valence-electron chi connectivity index (χ0n) is 11.7. The maximum atomic E-state index is 8.70. The second kappa shape index (κ2) is 7.89. The van der Waals surface area contributed by atoms with E-state index in [4.69, 9.17) is 5.26 Å². The lowest BCUT2D eigenvalue weighted by Crippen LogP contribution is -2.27. The van der Waals surface area contributed by atoms with Gasteiger partial charge in [0.2, 0.25) is 0 Å². The summed E-state index contributed by atoms with van der Waals surface area (Å²) in [5, 5.41) is 12.1. The van der Waals surface area contributed by atoms with Crippen LogP contribution < -0.4 is 5.32 Å². The van der Waals surface area contributed by atoms with Crippen molar-refractivity contribution in [3.8, 4) is 6.07 Å². The van der Waals surface area contributed by atoms with Crippen molar-refractivity contribution in [2.45, 2.75) is 52.6 Å². The Bertz CT molecular complexity index is 373. The van der Waals surface area contributed by atoms with Crippen LogP contribution in [0, 0.1) is 17.2 Å². The highest BCUT2D eigenvalue weighted by molar-refractivity contribution is 5.22. The van der Waals surface area contributed by atoms with Gasteiger partial charge in [0.05, 0.1) is 12.5 Å². The van der Waals surface area contributed by atoms with Crippen molar-refractivity contribution in [1.29, 1.82) is 5.26 Å². The van der Waals surface area contributed by atoms with E-state index in [1.165, 1.54) is 11.1 Å².